The minimum Gasteiger partial charge on any atom is -0.381 e. The van der Waals surface area contributed by atoms with Gasteiger partial charge in [-0.05, 0) is 43.4 Å². The summed E-state index contributed by atoms with van der Waals surface area (Å²) in [5.41, 5.74) is 3.13. The van der Waals surface area contributed by atoms with Crippen LogP contribution in [0.25, 0.3) is 0 Å². The van der Waals surface area contributed by atoms with Crippen LogP contribution in [-0.4, -0.2) is 19.0 Å². The highest BCUT2D eigenvalue weighted by Gasteiger charge is 2.06. The van der Waals surface area contributed by atoms with Crippen LogP contribution in [0.3, 0.4) is 0 Å². The molecule has 0 bridgehead atoms. The zero-order chi connectivity index (χ0) is 15.2. The van der Waals surface area contributed by atoms with Crippen LogP contribution in [0.4, 0.5) is 14.5 Å². The average Bonchev–Trinajstić information content (AvgIpc) is 2.45. The Balaban J connectivity index is 2.01. The Morgan fingerprint density at radius 3 is 2.43 bits per heavy atom. The number of alkyl halides is 2. The first-order chi connectivity index (χ1) is 10.0. The van der Waals surface area contributed by atoms with Crippen LogP contribution >= 0.6 is 0 Å². The second kappa shape index (κ2) is 7.18. The number of rotatable bonds is 6. The molecule has 0 aliphatic carbocycles. The number of nitrogens with zero attached hydrogens (tertiary/aromatic N) is 1. The third-order valence-electron chi connectivity index (χ3n) is 3.13. The Hall–Kier alpha value is -1.94. The first-order valence-electron chi connectivity index (χ1n) is 6.89. The molecule has 2 aromatic carbocycles. The lowest BCUT2D eigenvalue weighted by atomic mass is 10.1. The van der Waals surface area contributed by atoms with Crippen LogP contribution < -0.4 is 5.32 Å². The van der Waals surface area contributed by atoms with Gasteiger partial charge >= 0.3 is 0 Å². The first-order valence-corrected chi connectivity index (χ1v) is 6.89. The fourth-order valence-electron chi connectivity index (χ4n) is 2.19. The maximum absolute atomic E-state index is 12.7. The van der Waals surface area contributed by atoms with Crippen molar-refractivity contribution in [2.75, 3.05) is 19.4 Å². The molecule has 112 valence electrons. The van der Waals surface area contributed by atoms with Crippen molar-refractivity contribution in [3.8, 4) is 0 Å². The summed E-state index contributed by atoms with van der Waals surface area (Å²) in [5, 5.41) is 3.28. The Morgan fingerprint density at radius 2 is 1.71 bits per heavy atom. The van der Waals surface area contributed by atoms with Crippen molar-refractivity contribution in [3.05, 3.63) is 65.2 Å². The number of hydrogen-bond acceptors (Lipinski definition) is 2. The number of anilines is 1. The van der Waals surface area contributed by atoms with Crippen molar-refractivity contribution < 1.29 is 8.78 Å². The third kappa shape index (κ3) is 4.83. The van der Waals surface area contributed by atoms with Gasteiger partial charge in [-0.25, -0.2) is 8.78 Å². The van der Waals surface area contributed by atoms with Crippen LogP contribution in [0.1, 0.15) is 23.1 Å². The smallest absolute Gasteiger partial charge is 0.263 e. The van der Waals surface area contributed by atoms with Gasteiger partial charge in [-0.15, -0.1) is 0 Å². The Kier molecular flexibility index (Phi) is 5.28. The highest BCUT2D eigenvalue weighted by atomic mass is 19.3. The van der Waals surface area contributed by atoms with Gasteiger partial charge in [0.25, 0.3) is 6.43 Å². The maximum Gasteiger partial charge on any atom is 0.263 e. The van der Waals surface area contributed by atoms with Gasteiger partial charge in [0.15, 0.2) is 0 Å². The molecule has 0 heterocycles. The summed E-state index contributed by atoms with van der Waals surface area (Å²) in [6.07, 6.45) is -2.42. The van der Waals surface area contributed by atoms with Gasteiger partial charge in [0, 0.05) is 24.3 Å². The van der Waals surface area contributed by atoms with E-state index < -0.39 is 6.43 Å². The first kappa shape index (κ1) is 15.4. The molecule has 0 aromatic heterocycles. The Labute approximate surface area is 124 Å². The molecule has 21 heavy (non-hydrogen) atoms. The lowest BCUT2D eigenvalue weighted by molar-refractivity contribution is 0.151. The lowest BCUT2D eigenvalue weighted by Crippen LogP contribution is -2.10. The predicted molar refractivity (Wildman–Crippen MR) is 82.6 cm³/mol. The molecule has 4 heteroatoms. The number of nitrogens with one attached hydrogen (secondary N) is 1. The SMILES string of the molecule is CN(C)Cc1cccc(NCc2cccc(C(F)F)c2)c1. The Bertz CT molecular complexity index is 583. The van der Waals surface area contributed by atoms with Crippen LogP contribution in [0.5, 0.6) is 0 Å². The highest BCUT2D eigenvalue weighted by Crippen LogP contribution is 2.20. The predicted octanol–water partition coefficient (Wildman–Crippen LogP) is 4.30. The average molecular weight is 290 g/mol. The van der Waals surface area contributed by atoms with E-state index in [2.05, 4.69) is 22.3 Å². The zero-order valence-corrected chi connectivity index (χ0v) is 12.3. The molecular formula is C17H20F2N2. The number of benzene rings is 2. The van der Waals surface area contributed by atoms with Gasteiger partial charge < -0.3 is 10.2 Å². The molecule has 0 radical (unpaired) electrons. The summed E-state index contributed by atoms with van der Waals surface area (Å²) in [4.78, 5) is 2.10. The topological polar surface area (TPSA) is 15.3 Å². The van der Waals surface area contributed by atoms with E-state index in [1.807, 2.05) is 32.3 Å². The van der Waals surface area contributed by atoms with E-state index in [1.165, 1.54) is 11.6 Å². The van der Waals surface area contributed by atoms with Crippen molar-refractivity contribution in [2.24, 2.45) is 0 Å². The second-order valence-electron chi connectivity index (χ2n) is 5.34. The summed E-state index contributed by atoms with van der Waals surface area (Å²) in [6, 6.07) is 14.6. The van der Waals surface area contributed by atoms with E-state index >= 15 is 0 Å². The van der Waals surface area contributed by atoms with Gasteiger partial charge in [0.2, 0.25) is 0 Å². The summed E-state index contributed by atoms with van der Waals surface area (Å²) in [6.45, 7) is 1.41. The summed E-state index contributed by atoms with van der Waals surface area (Å²) < 4.78 is 25.3. The van der Waals surface area contributed by atoms with E-state index in [0.29, 0.717) is 6.54 Å². The molecule has 0 saturated heterocycles. The normalized spacial score (nSPS) is 11.1. The molecule has 1 N–H and O–H groups in total. The quantitative estimate of drug-likeness (QED) is 0.853. The van der Waals surface area contributed by atoms with Crippen LogP contribution in [-0.2, 0) is 13.1 Å². The van der Waals surface area contributed by atoms with E-state index in [4.69, 9.17) is 0 Å². The largest absolute Gasteiger partial charge is 0.381 e. The maximum atomic E-state index is 12.7. The highest BCUT2D eigenvalue weighted by molar-refractivity contribution is 5.46. The van der Waals surface area contributed by atoms with E-state index in [-0.39, 0.29) is 5.56 Å². The minimum atomic E-state index is -2.42. The minimum absolute atomic E-state index is 0.0654. The van der Waals surface area contributed by atoms with Crippen molar-refractivity contribution in [3.63, 3.8) is 0 Å². The lowest BCUT2D eigenvalue weighted by Gasteiger charge is -2.12. The standard InChI is InChI=1S/C17H20F2N2/c1-21(2)12-14-6-4-8-16(10-14)20-11-13-5-3-7-15(9-13)17(18)19/h3-10,17,20H,11-12H2,1-2H3. The van der Waals surface area contributed by atoms with Crippen LogP contribution in [0, 0.1) is 0 Å². The fourth-order valence-corrected chi connectivity index (χ4v) is 2.19. The fraction of sp³-hybridized carbons (Fsp3) is 0.294. The number of halogens is 2. The molecule has 0 atom stereocenters. The van der Waals surface area contributed by atoms with E-state index in [0.717, 1.165) is 17.8 Å². The zero-order valence-electron chi connectivity index (χ0n) is 12.3. The van der Waals surface area contributed by atoms with Crippen LogP contribution in [0.15, 0.2) is 48.5 Å². The second-order valence-corrected chi connectivity index (χ2v) is 5.34. The molecule has 0 amide bonds. The molecule has 0 unspecified atom stereocenters. The summed E-state index contributed by atoms with van der Waals surface area (Å²) in [5.74, 6) is 0. The summed E-state index contributed by atoms with van der Waals surface area (Å²) >= 11 is 0. The molecule has 0 aliphatic heterocycles. The molecule has 0 saturated carbocycles. The molecule has 2 rings (SSSR count). The van der Waals surface area contributed by atoms with Crippen molar-refractivity contribution in [1.29, 1.82) is 0 Å². The monoisotopic (exact) mass is 290 g/mol. The molecule has 2 nitrogen and oxygen atoms in total. The molecule has 0 aliphatic rings. The van der Waals surface area contributed by atoms with Gasteiger partial charge in [-0.1, -0.05) is 30.3 Å². The molecule has 0 spiro atoms. The van der Waals surface area contributed by atoms with Gasteiger partial charge in [-0.3, -0.25) is 0 Å². The van der Waals surface area contributed by atoms with E-state index in [1.54, 1.807) is 12.1 Å². The van der Waals surface area contributed by atoms with Crippen molar-refractivity contribution in [2.45, 2.75) is 19.5 Å². The third-order valence-corrected chi connectivity index (χ3v) is 3.13. The molecule has 0 fully saturated rings. The Morgan fingerprint density at radius 1 is 1.00 bits per heavy atom. The molecular weight excluding hydrogens is 270 g/mol. The summed E-state index contributed by atoms with van der Waals surface area (Å²) in [7, 11) is 4.05. The van der Waals surface area contributed by atoms with Gasteiger partial charge in [0.05, 0.1) is 0 Å². The van der Waals surface area contributed by atoms with Gasteiger partial charge in [-0.2, -0.15) is 0 Å². The van der Waals surface area contributed by atoms with Crippen molar-refractivity contribution in [1.82, 2.24) is 4.90 Å². The van der Waals surface area contributed by atoms with Crippen molar-refractivity contribution >= 4 is 5.69 Å². The molecule has 2 aromatic rings. The van der Waals surface area contributed by atoms with Crippen LogP contribution in [0.2, 0.25) is 0 Å². The van der Waals surface area contributed by atoms with Gasteiger partial charge in [0.1, 0.15) is 0 Å². The van der Waals surface area contributed by atoms with E-state index in [9.17, 15) is 8.78 Å². The number of hydrogen-bond donors (Lipinski definition) is 1.